The fraction of sp³-hybridized carbons (Fsp3) is 0.0400. The summed E-state index contributed by atoms with van der Waals surface area (Å²) >= 11 is 7.04. The van der Waals surface area contributed by atoms with Crippen LogP contribution in [0, 0.1) is 11.6 Å². The van der Waals surface area contributed by atoms with Gasteiger partial charge in [-0.25, -0.2) is 17.2 Å². The lowest BCUT2D eigenvalue weighted by molar-refractivity contribution is 0.412. The van der Waals surface area contributed by atoms with Gasteiger partial charge in [0, 0.05) is 33.5 Å². The van der Waals surface area contributed by atoms with Gasteiger partial charge >= 0.3 is 0 Å². The number of fused-ring (bicyclic) bond motifs is 1. The fourth-order valence-corrected chi connectivity index (χ4v) is 5.70. The lowest BCUT2D eigenvalue weighted by Crippen LogP contribution is -2.19. The van der Waals surface area contributed by atoms with Gasteiger partial charge in [0.15, 0.2) is 5.82 Å². The zero-order valence-electron chi connectivity index (χ0n) is 18.9. The van der Waals surface area contributed by atoms with Crippen LogP contribution < -0.4 is 15.0 Å². The molecular weight excluding hydrogens is 544 g/mol. The largest absolute Gasteiger partial charge is 0.495 e. The van der Waals surface area contributed by atoms with Gasteiger partial charge in [0.05, 0.1) is 23.2 Å². The van der Waals surface area contributed by atoms with Crippen LogP contribution >= 0.6 is 23.1 Å². The van der Waals surface area contributed by atoms with Crippen molar-refractivity contribution in [2.24, 2.45) is 0 Å². The second-order valence-corrected chi connectivity index (χ2v) is 10.7. The van der Waals surface area contributed by atoms with Crippen molar-refractivity contribution in [1.29, 1.82) is 0 Å². The number of nitrogens with zero attached hydrogens (tertiary/aromatic N) is 2. The summed E-state index contributed by atoms with van der Waals surface area (Å²) < 4.78 is 67.8. The highest BCUT2D eigenvalue weighted by atomic mass is 35.5. The smallest absolute Gasteiger partial charge is 0.263 e. The van der Waals surface area contributed by atoms with E-state index in [1.165, 1.54) is 60.2 Å². The van der Waals surface area contributed by atoms with Crippen molar-refractivity contribution in [2.75, 3.05) is 11.8 Å². The molecule has 0 aliphatic heterocycles. The van der Waals surface area contributed by atoms with E-state index in [0.29, 0.717) is 10.9 Å². The number of anilines is 1. The Hall–Kier alpha value is -3.80. The molecule has 3 aromatic carbocycles. The van der Waals surface area contributed by atoms with Crippen LogP contribution in [0.25, 0.3) is 27.7 Å². The number of halogens is 3. The fourth-order valence-electron chi connectivity index (χ4n) is 3.91. The predicted molar refractivity (Wildman–Crippen MR) is 139 cm³/mol. The minimum Gasteiger partial charge on any atom is -0.495 e. The Morgan fingerprint density at radius 1 is 1.03 bits per heavy atom. The number of benzene rings is 3. The lowest BCUT2D eigenvalue weighted by atomic mass is 10.0. The van der Waals surface area contributed by atoms with Crippen LogP contribution in [0.3, 0.4) is 0 Å². The zero-order chi connectivity index (χ0) is 26.3. The minimum absolute atomic E-state index is 0.0248. The molecule has 7 nitrogen and oxygen atoms in total. The highest BCUT2D eigenvalue weighted by Gasteiger charge is 2.20. The molecule has 5 aromatic rings. The van der Waals surface area contributed by atoms with Crippen molar-refractivity contribution in [3.8, 4) is 22.6 Å². The number of pyridine rings is 1. The van der Waals surface area contributed by atoms with Crippen LogP contribution in [0.2, 0.25) is 5.02 Å². The Morgan fingerprint density at radius 2 is 1.84 bits per heavy atom. The Bertz CT molecular complexity index is 1800. The van der Waals surface area contributed by atoms with Crippen LogP contribution in [-0.4, -0.2) is 24.5 Å². The highest BCUT2D eigenvalue weighted by Crippen LogP contribution is 2.35. The molecule has 0 saturated heterocycles. The van der Waals surface area contributed by atoms with Gasteiger partial charge in [-0.1, -0.05) is 11.6 Å². The topological polar surface area (TPSA) is 90.3 Å². The van der Waals surface area contributed by atoms with E-state index < -0.39 is 27.2 Å². The van der Waals surface area contributed by atoms with Gasteiger partial charge in [-0.3, -0.25) is 14.1 Å². The van der Waals surface area contributed by atoms with Crippen molar-refractivity contribution in [1.82, 2.24) is 8.94 Å². The normalized spacial score (nSPS) is 11.6. The molecule has 1 N–H and O–H groups in total. The van der Waals surface area contributed by atoms with E-state index in [1.54, 1.807) is 5.38 Å². The molecule has 0 spiro atoms. The first-order valence-corrected chi connectivity index (χ1v) is 13.3. The number of hydrogen-bond acceptors (Lipinski definition) is 6. The summed E-state index contributed by atoms with van der Waals surface area (Å²) in [6.07, 6.45) is 0. The standard InChI is InChI=1S/C25H16ClF2N3O4S2/c1-35-23-12-19(15-8-16(26)11-17(27)9-15)20(28)13-22(23)31-21-4-3-18(10-14(21)2-5-25(31)32)37(33,34)30-24-6-7-36-29-24/h2-13H,1H3,(H,29,30). The molecule has 0 aliphatic rings. The summed E-state index contributed by atoms with van der Waals surface area (Å²) in [5.74, 6) is -1.05. The molecule has 12 heteroatoms. The highest BCUT2D eigenvalue weighted by molar-refractivity contribution is 7.92. The van der Waals surface area contributed by atoms with Crippen molar-refractivity contribution >= 4 is 49.9 Å². The summed E-state index contributed by atoms with van der Waals surface area (Å²) in [7, 11) is -2.59. The van der Waals surface area contributed by atoms with Gasteiger partial charge in [0.1, 0.15) is 17.4 Å². The molecule has 0 radical (unpaired) electrons. The van der Waals surface area contributed by atoms with Crippen LogP contribution in [0.4, 0.5) is 14.6 Å². The van der Waals surface area contributed by atoms with E-state index in [4.69, 9.17) is 16.3 Å². The molecule has 2 heterocycles. The van der Waals surface area contributed by atoms with Crippen LogP contribution in [0.1, 0.15) is 0 Å². The summed E-state index contributed by atoms with van der Waals surface area (Å²) in [6, 6.07) is 14.5. The first-order chi connectivity index (χ1) is 17.7. The molecule has 0 atom stereocenters. The number of methoxy groups -OCH3 is 1. The molecule has 0 aliphatic carbocycles. The van der Waals surface area contributed by atoms with Gasteiger partial charge in [0.25, 0.3) is 15.6 Å². The number of rotatable bonds is 6. The third kappa shape index (κ3) is 4.80. The van der Waals surface area contributed by atoms with Gasteiger partial charge in [0.2, 0.25) is 0 Å². The molecule has 5 rings (SSSR count). The quantitative estimate of drug-likeness (QED) is 0.282. The molecule has 0 unspecified atom stereocenters. The molecule has 188 valence electrons. The van der Waals surface area contributed by atoms with Crippen molar-refractivity contribution in [3.63, 3.8) is 0 Å². The third-order valence-electron chi connectivity index (χ3n) is 5.54. The van der Waals surface area contributed by atoms with Gasteiger partial charge in [-0.05, 0) is 71.7 Å². The molecular formula is C25H16ClF2N3O4S2. The maximum absolute atomic E-state index is 15.3. The maximum atomic E-state index is 15.3. The Labute approximate surface area is 218 Å². The van der Waals surface area contributed by atoms with E-state index >= 15 is 4.39 Å². The van der Waals surface area contributed by atoms with Crippen LogP contribution in [0.15, 0.2) is 81.8 Å². The molecule has 0 fully saturated rings. The number of ether oxygens (including phenoxy) is 1. The molecule has 37 heavy (non-hydrogen) atoms. The summed E-state index contributed by atoms with van der Waals surface area (Å²) in [5.41, 5.74) is 0.122. The molecule has 2 aromatic heterocycles. The lowest BCUT2D eigenvalue weighted by Gasteiger charge is -2.16. The van der Waals surface area contributed by atoms with Crippen LogP contribution in [-0.2, 0) is 10.0 Å². The van der Waals surface area contributed by atoms with Gasteiger partial charge < -0.3 is 4.74 Å². The van der Waals surface area contributed by atoms with E-state index in [9.17, 15) is 17.6 Å². The van der Waals surface area contributed by atoms with E-state index in [0.717, 1.165) is 29.7 Å². The number of nitrogens with one attached hydrogen (secondary N) is 1. The first-order valence-electron chi connectivity index (χ1n) is 10.6. The van der Waals surface area contributed by atoms with Gasteiger partial charge in [-0.15, -0.1) is 0 Å². The predicted octanol–water partition coefficient (Wildman–Crippen LogP) is 5.86. The van der Waals surface area contributed by atoms with Crippen molar-refractivity contribution < 1.29 is 21.9 Å². The Morgan fingerprint density at radius 3 is 2.54 bits per heavy atom. The van der Waals surface area contributed by atoms with Crippen molar-refractivity contribution in [2.45, 2.75) is 4.90 Å². The number of aromatic nitrogens is 2. The molecule has 0 amide bonds. The number of hydrogen-bond donors (Lipinski definition) is 1. The van der Waals surface area contributed by atoms with Crippen molar-refractivity contribution in [3.05, 3.63) is 99.1 Å². The average molecular weight is 560 g/mol. The summed E-state index contributed by atoms with van der Waals surface area (Å²) in [6.45, 7) is 0. The average Bonchev–Trinajstić information content (AvgIpc) is 3.35. The van der Waals surface area contributed by atoms with E-state index in [-0.39, 0.29) is 38.3 Å². The first kappa shape index (κ1) is 24.9. The maximum Gasteiger partial charge on any atom is 0.263 e. The zero-order valence-corrected chi connectivity index (χ0v) is 21.3. The second kappa shape index (κ2) is 9.58. The SMILES string of the molecule is COc1cc(-c2cc(F)cc(Cl)c2)c(F)cc1-n1c(=O)ccc2cc(S(=O)(=O)Nc3ccsn3)ccc21. The third-order valence-corrected chi connectivity index (χ3v) is 7.67. The molecule has 0 saturated carbocycles. The minimum atomic E-state index is -3.94. The summed E-state index contributed by atoms with van der Waals surface area (Å²) in [5, 5.41) is 2.14. The van der Waals surface area contributed by atoms with Gasteiger partial charge in [-0.2, -0.15) is 4.37 Å². The number of sulfonamides is 1. The monoisotopic (exact) mass is 559 g/mol. The molecule has 0 bridgehead atoms. The summed E-state index contributed by atoms with van der Waals surface area (Å²) in [4.78, 5) is 12.9. The second-order valence-electron chi connectivity index (χ2n) is 7.88. The Balaban J connectivity index is 1.65. The van der Waals surface area contributed by atoms with Crippen LogP contribution in [0.5, 0.6) is 5.75 Å². The van der Waals surface area contributed by atoms with E-state index in [1.807, 2.05) is 0 Å². The van der Waals surface area contributed by atoms with E-state index in [2.05, 4.69) is 9.10 Å². The Kier molecular flexibility index (Phi) is 6.44.